The minimum absolute atomic E-state index is 0.317. The highest BCUT2D eigenvalue weighted by Gasteiger charge is 2.27. The number of hydrogen-bond acceptors (Lipinski definition) is 4. The van der Waals surface area contributed by atoms with E-state index in [9.17, 15) is 9.59 Å². The number of nitrogens with one attached hydrogen (secondary N) is 1. The van der Waals surface area contributed by atoms with Gasteiger partial charge in [-0.25, -0.2) is 0 Å². The zero-order valence-corrected chi connectivity index (χ0v) is 9.84. The first-order chi connectivity index (χ1) is 8.60. The molecule has 18 heavy (non-hydrogen) atoms. The average molecular weight is 247 g/mol. The largest absolute Gasteiger partial charge is 0.497 e. The van der Waals surface area contributed by atoms with E-state index in [1.807, 2.05) is 12.1 Å². The smallest absolute Gasteiger partial charge is 0.273 e. The van der Waals surface area contributed by atoms with Crippen LogP contribution in [0.1, 0.15) is 5.56 Å². The summed E-state index contributed by atoms with van der Waals surface area (Å²) >= 11 is 0. The quantitative estimate of drug-likeness (QED) is 0.712. The molecule has 1 heterocycles. The molecule has 1 aliphatic rings. The van der Waals surface area contributed by atoms with Crippen molar-refractivity contribution in [3.63, 3.8) is 0 Å². The van der Waals surface area contributed by atoms with Gasteiger partial charge < -0.3 is 15.8 Å². The molecule has 6 heteroatoms. The van der Waals surface area contributed by atoms with Crippen molar-refractivity contribution >= 4 is 17.6 Å². The number of rotatable bonds is 3. The average Bonchev–Trinajstić information content (AvgIpc) is 2.37. The highest BCUT2D eigenvalue weighted by Crippen LogP contribution is 2.12. The van der Waals surface area contributed by atoms with Crippen LogP contribution in [0.25, 0.3) is 0 Å². The number of amides is 2. The van der Waals surface area contributed by atoms with E-state index in [4.69, 9.17) is 10.5 Å². The van der Waals surface area contributed by atoms with E-state index in [-0.39, 0.29) is 0 Å². The highest BCUT2D eigenvalue weighted by molar-refractivity contribution is 6.18. The monoisotopic (exact) mass is 247 g/mol. The van der Waals surface area contributed by atoms with E-state index in [0.717, 1.165) is 11.3 Å². The van der Waals surface area contributed by atoms with Crippen LogP contribution in [0.4, 0.5) is 0 Å². The highest BCUT2D eigenvalue weighted by atomic mass is 16.5. The van der Waals surface area contributed by atoms with Gasteiger partial charge in [0.25, 0.3) is 11.8 Å². The lowest BCUT2D eigenvalue weighted by Crippen LogP contribution is -2.52. The molecular formula is C12H13N3O3. The minimum Gasteiger partial charge on any atom is -0.497 e. The van der Waals surface area contributed by atoms with Crippen molar-refractivity contribution in [2.45, 2.75) is 12.5 Å². The molecule has 2 rings (SSSR count). The van der Waals surface area contributed by atoms with E-state index in [0.29, 0.717) is 12.3 Å². The predicted octanol–water partition coefficient (Wildman–Crippen LogP) is -0.380. The van der Waals surface area contributed by atoms with Gasteiger partial charge in [-0.3, -0.25) is 9.59 Å². The lowest BCUT2D eigenvalue weighted by Gasteiger charge is -2.16. The van der Waals surface area contributed by atoms with Gasteiger partial charge in [0.2, 0.25) is 0 Å². The predicted molar refractivity (Wildman–Crippen MR) is 65.3 cm³/mol. The SMILES string of the molecule is COc1ccc(CC2=NC(=O)C(N)C(=O)N2)cc1. The Hall–Kier alpha value is -2.21. The second-order valence-electron chi connectivity index (χ2n) is 3.89. The van der Waals surface area contributed by atoms with Gasteiger partial charge in [0.1, 0.15) is 11.6 Å². The third kappa shape index (κ3) is 2.54. The molecule has 0 aromatic heterocycles. The lowest BCUT2D eigenvalue weighted by atomic mass is 10.1. The third-order valence-electron chi connectivity index (χ3n) is 2.59. The fourth-order valence-electron chi connectivity index (χ4n) is 1.58. The number of hydrogen-bond donors (Lipinski definition) is 2. The van der Waals surface area contributed by atoms with Crippen molar-refractivity contribution in [1.29, 1.82) is 0 Å². The fourth-order valence-corrected chi connectivity index (χ4v) is 1.58. The summed E-state index contributed by atoms with van der Waals surface area (Å²) in [7, 11) is 1.58. The van der Waals surface area contributed by atoms with Gasteiger partial charge in [0.15, 0.2) is 6.04 Å². The first kappa shape index (κ1) is 12.3. The van der Waals surface area contributed by atoms with Crippen molar-refractivity contribution in [2.75, 3.05) is 7.11 Å². The van der Waals surface area contributed by atoms with Crippen molar-refractivity contribution < 1.29 is 14.3 Å². The second-order valence-corrected chi connectivity index (χ2v) is 3.89. The molecular weight excluding hydrogens is 234 g/mol. The Labute approximate surface area is 104 Å². The number of carbonyl (C=O) groups is 2. The summed E-state index contributed by atoms with van der Waals surface area (Å²) in [6, 6.07) is 6.09. The summed E-state index contributed by atoms with van der Waals surface area (Å²) in [5.41, 5.74) is 6.24. The van der Waals surface area contributed by atoms with Crippen molar-refractivity contribution in [3.05, 3.63) is 29.8 Å². The molecule has 3 N–H and O–H groups in total. The molecule has 6 nitrogen and oxygen atoms in total. The Morgan fingerprint density at radius 2 is 2.00 bits per heavy atom. The number of nitrogens with two attached hydrogens (primary N) is 1. The number of aliphatic imine (C=N–C) groups is 1. The number of nitrogens with zero attached hydrogens (tertiary/aromatic N) is 1. The Balaban J connectivity index is 2.11. The van der Waals surface area contributed by atoms with E-state index in [1.165, 1.54) is 0 Å². The summed E-state index contributed by atoms with van der Waals surface area (Å²) in [5, 5.41) is 2.51. The van der Waals surface area contributed by atoms with Crippen LogP contribution < -0.4 is 15.8 Å². The van der Waals surface area contributed by atoms with Crippen molar-refractivity contribution in [3.8, 4) is 5.75 Å². The van der Waals surface area contributed by atoms with Gasteiger partial charge in [-0.05, 0) is 17.7 Å². The summed E-state index contributed by atoms with van der Waals surface area (Å²) in [4.78, 5) is 26.4. The van der Waals surface area contributed by atoms with Crippen LogP contribution in [-0.4, -0.2) is 30.8 Å². The molecule has 0 saturated heterocycles. The first-order valence-corrected chi connectivity index (χ1v) is 5.41. The van der Waals surface area contributed by atoms with E-state index in [1.54, 1.807) is 19.2 Å². The fraction of sp³-hybridized carbons (Fsp3) is 0.250. The molecule has 0 fully saturated rings. The number of ether oxygens (including phenoxy) is 1. The lowest BCUT2D eigenvalue weighted by molar-refractivity contribution is -0.129. The van der Waals surface area contributed by atoms with Gasteiger partial charge in [-0.15, -0.1) is 0 Å². The maximum Gasteiger partial charge on any atom is 0.273 e. The summed E-state index contributed by atoms with van der Waals surface area (Å²) in [6.45, 7) is 0. The molecule has 94 valence electrons. The number of amidine groups is 1. The molecule has 0 bridgehead atoms. The summed E-state index contributed by atoms with van der Waals surface area (Å²) in [6.07, 6.45) is 0.369. The van der Waals surface area contributed by atoms with Crippen LogP contribution in [0.5, 0.6) is 5.75 Å². The van der Waals surface area contributed by atoms with Gasteiger partial charge in [0, 0.05) is 6.42 Å². The number of carbonyl (C=O) groups excluding carboxylic acids is 2. The van der Waals surface area contributed by atoms with Crippen LogP contribution in [0.15, 0.2) is 29.3 Å². The van der Waals surface area contributed by atoms with E-state index in [2.05, 4.69) is 10.3 Å². The van der Waals surface area contributed by atoms with Crippen LogP contribution in [0.3, 0.4) is 0 Å². The van der Waals surface area contributed by atoms with Crippen molar-refractivity contribution in [2.24, 2.45) is 10.7 Å². The molecule has 1 atom stereocenters. The number of benzene rings is 1. The van der Waals surface area contributed by atoms with Gasteiger partial charge in [0.05, 0.1) is 7.11 Å². The van der Waals surface area contributed by atoms with Crippen LogP contribution in [0.2, 0.25) is 0 Å². The molecule has 0 radical (unpaired) electrons. The topological polar surface area (TPSA) is 93.8 Å². The maximum absolute atomic E-state index is 11.3. The van der Waals surface area contributed by atoms with Gasteiger partial charge >= 0.3 is 0 Å². The zero-order chi connectivity index (χ0) is 13.1. The van der Waals surface area contributed by atoms with Gasteiger partial charge in [-0.1, -0.05) is 12.1 Å². The Bertz CT molecular complexity index is 508. The minimum atomic E-state index is -1.19. The molecule has 2 amide bonds. The molecule has 1 unspecified atom stereocenters. The van der Waals surface area contributed by atoms with Gasteiger partial charge in [-0.2, -0.15) is 4.99 Å². The normalized spacial score (nSPS) is 19.2. The third-order valence-corrected chi connectivity index (χ3v) is 2.59. The Morgan fingerprint density at radius 3 is 2.56 bits per heavy atom. The van der Waals surface area contributed by atoms with Crippen molar-refractivity contribution in [1.82, 2.24) is 5.32 Å². The van der Waals surface area contributed by atoms with E-state index < -0.39 is 17.9 Å². The summed E-state index contributed by atoms with van der Waals surface area (Å²) < 4.78 is 5.04. The summed E-state index contributed by atoms with van der Waals surface area (Å²) in [5.74, 6) is -0.0656. The molecule has 1 aromatic carbocycles. The van der Waals surface area contributed by atoms with E-state index >= 15 is 0 Å². The molecule has 0 spiro atoms. The molecule has 1 aliphatic heterocycles. The zero-order valence-electron chi connectivity index (χ0n) is 9.84. The molecule has 1 aromatic rings. The standard InChI is InChI=1S/C12H13N3O3/c1-18-8-4-2-7(3-5-8)6-9-14-11(16)10(13)12(17)15-9/h2-5,10H,6,13H2,1H3,(H,14,15,16,17). The maximum atomic E-state index is 11.3. The molecule has 0 saturated carbocycles. The molecule has 0 aliphatic carbocycles. The van der Waals surface area contributed by atoms with Crippen LogP contribution in [-0.2, 0) is 16.0 Å². The Morgan fingerprint density at radius 1 is 1.33 bits per heavy atom. The Kier molecular flexibility index (Phi) is 3.38. The van der Waals surface area contributed by atoms with Crippen LogP contribution >= 0.6 is 0 Å². The second kappa shape index (κ2) is 4.97. The first-order valence-electron chi connectivity index (χ1n) is 5.41. The van der Waals surface area contributed by atoms with Crippen LogP contribution in [0, 0.1) is 0 Å². The number of methoxy groups -OCH3 is 1.